The molecule has 0 aliphatic carbocycles. The van der Waals surface area contributed by atoms with Gasteiger partial charge in [0, 0.05) is 17.6 Å². The smallest absolute Gasteiger partial charge is 0.347 e. The van der Waals surface area contributed by atoms with Gasteiger partial charge in [-0.25, -0.2) is 14.4 Å². The molecular formula is C22H27N3O6. The lowest BCUT2D eigenvalue weighted by Crippen LogP contribution is -2.19. The van der Waals surface area contributed by atoms with Crippen LogP contribution < -0.4 is 5.32 Å². The molecule has 0 amide bonds. The lowest BCUT2D eigenvalue weighted by atomic mass is 10.1. The summed E-state index contributed by atoms with van der Waals surface area (Å²) < 4.78 is 16.5. The van der Waals surface area contributed by atoms with Gasteiger partial charge in [0.1, 0.15) is 0 Å². The molecule has 1 N–H and O–H groups in total. The summed E-state index contributed by atoms with van der Waals surface area (Å²) in [7, 11) is 1.31. The van der Waals surface area contributed by atoms with E-state index in [2.05, 4.69) is 10.4 Å². The lowest BCUT2D eigenvalue weighted by molar-refractivity contribution is -0.146. The number of anilines is 1. The van der Waals surface area contributed by atoms with Crippen LogP contribution >= 0.6 is 0 Å². The van der Waals surface area contributed by atoms with E-state index in [1.165, 1.54) is 13.3 Å². The molecule has 0 aliphatic heterocycles. The second kappa shape index (κ2) is 11.0. The highest BCUT2D eigenvalue weighted by Crippen LogP contribution is 2.20. The van der Waals surface area contributed by atoms with Crippen molar-refractivity contribution >= 4 is 23.6 Å². The fourth-order valence-corrected chi connectivity index (χ4v) is 2.89. The molecule has 0 radical (unpaired) electrons. The van der Waals surface area contributed by atoms with Gasteiger partial charge >= 0.3 is 17.9 Å². The number of nitrogens with one attached hydrogen (secondary N) is 1. The first-order valence-corrected chi connectivity index (χ1v) is 9.83. The Balaban J connectivity index is 2.38. The lowest BCUT2D eigenvalue weighted by Gasteiger charge is -2.12. The zero-order chi connectivity index (χ0) is 23.0. The van der Waals surface area contributed by atoms with Gasteiger partial charge in [-0.1, -0.05) is 0 Å². The SMILES string of the molecule is CCOC(=O)C(=CNc1ccc(C(=O)OC)c(Cn2nc(C)cc2C)c1)C(=O)OCC. The van der Waals surface area contributed by atoms with E-state index < -0.39 is 17.9 Å². The van der Waals surface area contributed by atoms with Crippen molar-refractivity contribution in [2.24, 2.45) is 0 Å². The Labute approximate surface area is 181 Å². The van der Waals surface area contributed by atoms with Crippen LogP contribution in [0.15, 0.2) is 36.0 Å². The standard InChI is InChI=1S/C22H27N3O6/c1-6-30-21(27)19(22(28)31-7-2)12-23-17-8-9-18(20(26)29-5)16(11-17)13-25-15(4)10-14(3)24-25/h8-12,23H,6-7,13H2,1-5H3. The molecule has 1 aromatic carbocycles. The number of hydrogen-bond donors (Lipinski definition) is 1. The van der Waals surface area contributed by atoms with Crippen molar-refractivity contribution in [3.05, 3.63) is 58.6 Å². The molecular weight excluding hydrogens is 402 g/mol. The van der Waals surface area contributed by atoms with Crippen LogP contribution in [0.2, 0.25) is 0 Å². The summed E-state index contributed by atoms with van der Waals surface area (Å²) in [6.45, 7) is 7.68. The van der Waals surface area contributed by atoms with Crippen LogP contribution in [0.1, 0.15) is 41.2 Å². The number of aromatic nitrogens is 2. The molecule has 0 saturated carbocycles. The molecule has 2 aromatic rings. The molecule has 1 heterocycles. The molecule has 0 aliphatic rings. The third-order valence-corrected chi connectivity index (χ3v) is 4.31. The van der Waals surface area contributed by atoms with Crippen molar-refractivity contribution in [1.82, 2.24) is 9.78 Å². The molecule has 0 unspecified atom stereocenters. The molecule has 0 atom stereocenters. The quantitative estimate of drug-likeness (QED) is 0.213. The van der Waals surface area contributed by atoms with Crippen molar-refractivity contribution < 1.29 is 28.6 Å². The Morgan fingerprint density at radius 3 is 2.23 bits per heavy atom. The second-order valence-corrected chi connectivity index (χ2v) is 6.59. The number of esters is 3. The molecule has 9 heteroatoms. The van der Waals surface area contributed by atoms with Crippen LogP contribution in [0, 0.1) is 13.8 Å². The van der Waals surface area contributed by atoms with Crippen molar-refractivity contribution in [1.29, 1.82) is 0 Å². The number of rotatable bonds is 9. The number of carbonyl (C=O) groups excluding carboxylic acids is 3. The first-order chi connectivity index (χ1) is 14.8. The number of benzene rings is 1. The molecule has 0 saturated heterocycles. The van der Waals surface area contributed by atoms with Gasteiger partial charge in [-0.05, 0) is 57.5 Å². The Morgan fingerprint density at radius 1 is 1.06 bits per heavy atom. The van der Waals surface area contributed by atoms with Gasteiger partial charge in [0.25, 0.3) is 0 Å². The van der Waals surface area contributed by atoms with Crippen molar-refractivity contribution in [3.63, 3.8) is 0 Å². The van der Waals surface area contributed by atoms with Crippen LogP contribution in [0.5, 0.6) is 0 Å². The van der Waals surface area contributed by atoms with E-state index in [9.17, 15) is 14.4 Å². The van der Waals surface area contributed by atoms with Crippen LogP contribution in [-0.2, 0) is 30.3 Å². The number of hydrogen-bond acceptors (Lipinski definition) is 8. The molecule has 166 valence electrons. The number of methoxy groups -OCH3 is 1. The predicted molar refractivity (Wildman–Crippen MR) is 114 cm³/mol. The van der Waals surface area contributed by atoms with Gasteiger partial charge in [-0.3, -0.25) is 4.68 Å². The normalized spacial score (nSPS) is 10.2. The Morgan fingerprint density at radius 2 is 1.71 bits per heavy atom. The summed E-state index contributed by atoms with van der Waals surface area (Å²) in [4.78, 5) is 36.4. The predicted octanol–water partition coefficient (Wildman–Crippen LogP) is 2.76. The monoisotopic (exact) mass is 429 g/mol. The number of ether oxygens (including phenoxy) is 3. The van der Waals surface area contributed by atoms with Gasteiger partial charge in [-0.2, -0.15) is 5.10 Å². The van der Waals surface area contributed by atoms with Crippen LogP contribution in [0.25, 0.3) is 0 Å². The summed E-state index contributed by atoms with van der Waals surface area (Å²) in [6, 6.07) is 6.92. The molecule has 1 aromatic heterocycles. The fraction of sp³-hybridized carbons (Fsp3) is 0.364. The van der Waals surface area contributed by atoms with Gasteiger partial charge in [0.2, 0.25) is 0 Å². The van der Waals surface area contributed by atoms with Gasteiger partial charge in [0.15, 0.2) is 5.57 Å². The zero-order valence-corrected chi connectivity index (χ0v) is 18.4. The molecule has 2 rings (SSSR count). The maximum atomic E-state index is 12.2. The first kappa shape index (κ1) is 23.7. The van der Waals surface area contributed by atoms with E-state index in [4.69, 9.17) is 14.2 Å². The molecule has 31 heavy (non-hydrogen) atoms. The number of aryl methyl sites for hydroxylation is 2. The van der Waals surface area contributed by atoms with E-state index >= 15 is 0 Å². The Hall–Kier alpha value is -3.62. The minimum atomic E-state index is -0.789. The summed E-state index contributed by atoms with van der Waals surface area (Å²) in [5.74, 6) is -2.05. The summed E-state index contributed by atoms with van der Waals surface area (Å²) in [6.07, 6.45) is 1.23. The summed E-state index contributed by atoms with van der Waals surface area (Å²) >= 11 is 0. The molecule has 0 bridgehead atoms. The van der Waals surface area contributed by atoms with Crippen LogP contribution in [-0.4, -0.2) is 48.0 Å². The molecule has 0 fully saturated rings. The van der Waals surface area contributed by atoms with Crippen LogP contribution in [0.3, 0.4) is 0 Å². The highest BCUT2D eigenvalue weighted by molar-refractivity contribution is 6.14. The third kappa shape index (κ3) is 6.18. The van der Waals surface area contributed by atoms with Crippen molar-refractivity contribution in [2.45, 2.75) is 34.2 Å². The average Bonchev–Trinajstić information content (AvgIpc) is 3.04. The minimum Gasteiger partial charge on any atom is -0.465 e. The average molecular weight is 429 g/mol. The van der Waals surface area contributed by atoms with Crippen LogP contribution in [0.4, 0.5) is 5.69 Å². The number of carbonyl (C=O) groups is 3. The maximum Gasteiger partial charge on any atom is 0.347 e. The van der Waals surface area contributed by atoms with E-state index in [0.717, 1.165) is 11.4 Å². The third-order valence-electron chi connectivity index (χ3n) is 4.31. The topological polar surface area (TPSA) is 109 Å². The number of nitrogens with zero attached hydrogens (tertiary/aromatic N) is 2. The van der Waals surface area contributed by atoms with Gasteiger partial charge < -0.3 is 19.5 Å². The van der Waals surface area contributed by atoms with E-state index in [1.807, 2.05) is 19.9 Å². The Bertz CT molecular complexity index is 973. The van der Waals surface area contributed by atoms with Gasteiger partial charge in [0.05, 0.1) is 38.1 Å². The van der Waals surface area contributed by atoms with Gasteiger partial charge in [-0.15, -0.1) is 0 Å². The highest BCUT2D eigenvalue weighted by atomic mass is 16.6. The minimum absolute atomic E-state index is 0.121. The van der Waals surface area contributed by atoms with E-state index in [0.29, 0.717) is 23.4 Å². The maximum absolute atomic E-state index is 12.2. The Kier molecular flexibility index (Phi) is 8.36. The zero-order valence-electron chi connectivity index (χ0n) is 18.4. The highest BCUT2D eigenvalue weighted by Gasteiger charge is 2.21. The largest absolute Gasteiger partial charge is 0.465 e. The fourth-order valence-electron chi connectivity index (χ4n) is 2.89. The second-order valence-electron chi connectivity index (χ2n) is 6.59. The van der Waals surface area contributed by atoms with E-state index in [-0.39, 0.29) is 18.8 Å². The van der Waals surface area contributed by atoms with E-state index in [1.54, 1.807) is 36.7 Å². The summed E-state index contributed by atoms with van der Waals surface area (Å²) in [5, 5.41) is 7.34. The molecule has 9 nitrogen and oxygen atoms in total. The van der Waals surface area contributed by atoms with Crippen molar-refractivity contribution in [2.75, 3.05) is 25.6 Å². The van der Waals surface area contributed by atoms with Crippen molar-refractivity contribution in [3.8, 4) is 0 Å². The molecule has 0 spiro atoms. The summed E-state index contributed by atoms with van der Waals surface area (Å²) in [5.41, 5.74) is 3.14. The first-order valence-electron chi connectivity index (χ1n) is 9.83.